The van der Waals surface area contributed by atoms with Crippen molar-refractivity contribution < 1.29 is 28.7 Å². The van der Waals surface area contributed by atoms with Gasteiger partial charge >= 0.3 is 11.4 Å². The smallest absolute Gasteiger partial charge is 0.309 e. The highest BCUT2D eigenvalue weighted by Crippen LogP contribution is 2.40. The number of benzene rings is 1. The highest BCUT2D eigenvalue weighted by Gasteiger charge is 2.60. The molecule has 2 heterocycles. The molecule has 1 saturated carbocycles. The van der Waals surface area contributed by atoms with Crippen LogP contribution in [0.3, 0.4) is 0 Å². The van der Waals surface area contributed by atoms with E-state index in [2.05, 4.69) is 20.5 Å². The number of amides is 3. The first kappa shape index (κ1) is 31.3. The van der Waals surface area contributed by atoms with Gasteiger partial charge < -0.3 is 20.6 Å². The van der Waals surface area contributed by atoms with Crippen molar-refractivity contribution in [1.29, 1.82) is 0 Å². The van der Waals surface area contributed by atoms with Crippen LogP contribution in [-0.2, 0) is 19.2 Å². The van der Waals surface area contributed by atoms with Crippen LogP contribution in [0.5, 0.6) is 0 Å². The molecule has 0 unspecified atom stereocenters. The maximum Gasteiger partial charge on any atom is 0.309 e. The minimum atomic E-state index is -2.09. The number of carbonyl (C=O) groups excluding carboxylic acids is 4. The largest absolute Gasteiger partial charge is 0.388 e. The van der Waals surface area contributed by atoms with Gasteiger partial charge in [0.05, 0.1) is 28.7 Å². The summed E-state index contributed by atoms with van der Waals surface area (Å²) >= 11 is 1.49. The molecule has 2 fully saturated rings. The molecule has 3 N–H and O–H groups in total. The first-order valence-corrected chi connectivity index (χ1v) is 14.7. The van der Waals surface area contributed by atoms with Crippen molar-refractivity contribution in [3.63, 3.8) is 0 Å². The van der Waals surface area contributed by atoms with Gasteiger partial charge in [0, 0.05) is 19.3 Å². The second kappa shape index (κ2) is 11.9. The minimum Gasteiger partial charge on any atom is -0.388 e. The Morgan fingerprint density at radius 1 is 1.21 bits per heavy atom. The Balaban J connectivity index is 1.57. The number of likely N-dealkylation sites (tertiary alicyclic amines) is 1. The van der Waals surface area contributed by atoms with Crippen molar-refractivity contribution in [1.82, 2.24) is 20.5 Å². The number of Topliss-reactive ketones (excluding diaryl/α,β-unsaturated/α-hetero) is 1. The van der Waals surface area contributed by atoms with Crippen molar-refractivity contribution in [3.8, 4) is 10.4 Å². The summed E-state index contributed by atoms with van der Waals surface area (Å²) in [6.45, 7) is 15.3. The summed E-state index contributed by atoms with van der Waals surface area (Å²) in [5, 5.41) is 15.8. The number of thiazole rings is 1. The molecular formula is C30H36FN5O5S. The van der Waals surface area contributed by atoms with Gasteiger partial charge in [0.1, 0.15) is 24.0 Å². The van der Waals surface area contributed by atoms with Gasteiger partial charge in [0.15, 0.2) is 6.17 Å². The Bertz CT molecular complexity index is 1410. The molecule has 1 aromatic carbocycles. The maximum absolute atomic E-state index is 15.4. The second-order valence-corrected chi connectivity index (χ2v) is 13.1. The summed E-state index contributed by atoms with van der Waals surface area (Å²) in [5.41, 5.74) is 2.12. The highest BCUT2D eigenvalue weighted by atomic mass is 32.1. The SMILES string of the molecule is [C-]#[N+]C1(C(=O)N[C@H](C(=O)N2C[C@H](O)[C@H](F)[C@H]2C(=O)N[C@@H](CC(C)=O)c2ccc(-c3scnc3C)cc2)C(C)(C)C)CC1. The molecule has 0 radical (unpaired) electrons. The maximum atomic E-state index is 15.4. The van der Waals surface area contributed by atoms with E-state index in [1.165, 1.54) is 18.3 Å². The van der Waals surface area contributed by atoms with Crippen LogP contribution in [0.1, 0.15) is 64.3 Å². The summed E-state index contributed by atoms with van der Waals surface area (Å²) in [7, 11) is 0. The van der Waals surface area contributed by atoms with E-state index in [0.717, 1.165) is 21.0 Å². The van der Waals surface area contributed by atoms with Crippen LogP contribution in [0.2, 0.25) is 0 Å². The molecule has 4 rings (SSSR count). The standard InChI is InChI=1S/C30H36FN5O5S/c1-16(37)13-20(18-7-9-19(10-8-18)24-17(2)33-15-42-24)34-26(39)23-22(31)21(38)14-36(23)27(40)25(29(3,4)5)35-28(41)30(32-6)11-12-30/h7-10,15,20-23,25,38H,11-14H2,1-5H3,(H,34,39)(H,35,41)/t20-,21-,22-,23-,25+/m0/s1. The predicted octanol–water partition coefficient (Wildman–Crippen LogP) is 3.15. The van der Waals surface area contributed by atoms with Crippen LogP contribution in [0.25, 0.3) is 15.3 Å². The molecule has 1 aliphatic carbocycles. The van der Waals surface area contributed by atoms with E-state index in [0.29, 0.717) is 18.4 Å². The topological polar surface area (TPSA) is 133 Å². The molecule has 3 amide bonds. The lowest BCUT2D eigenvalue weighted by atomic mass is 9.85. The highest BCUT2D eigenvalue weighted by molar-refractivity contribution is 7.13. The molecule has 1 aliphatic heterocycles. The molecule has 1 aromatic heterocycles. The van der Waals surface area contributed by atoms with E-state index < -0.39 is 65.6 Å². The quantitative estimate of drug-likeness (QED) is 0.381. The van der Waals surface area contributed by atoms with Crippen LogP contribution >= 0.6 is 11.3 Å². The third kappa shape index (κ3) is 6.37. The third-order valence-electron chi connectivity index (χ3n) is 7.82. The number of aromatic nitrogens is 1. The van der Waals surface area contributed by atoms with Crippen LogP contribution in [0.15, 0.2) is 29.8 Å². The van der Waals surface area contributed by atoms with Crippen LogP contribution in [0.4, 0.5) is 4.39 Å². The van der Waals surface area contributed by atoms with Gasteiger partial charge in [-0.1, -0.05) is 45.0 Å². The fourth-order valence-electron chi connectivity index (χ4n) is 5.14. The summed E-state index contributed by atoms with van der Waals surface area (Å²) in [4.78, 5) is 62.0. The molecule has 2 aliphatic rings. The number of aliphatic hydroxyl groups excluding tert-OH is 1. The van der Waals surface area contributed by atoms with Gasteiger partial charge in [-0.05, 0) is 30.4 Å². The zero-order chi connectivity index (χ0) is 31.0. The van der Waals surface area contributed by atoms with Crippen LogP contribution in [0, 0.1) is 18.9 Å². The minimum absolute atomic E-state index is 0.0653. The summed E-state index contributed by atoms with van der Waals surface area (Å²) in [6, 6.07) is 3.60. The van der Waals surface area contributed by atoms with Gasteiger partial charge in [-0.15, -0.1) is 11.3 Å². The van der Waals surface area contributed by atoms with E-state index in [9.17, 15) is 24.3 Å². The van der Waals surface area contributed by atoms with Gasteiger partial charge in [-0.25, -0.2) is 15.9 Å². The first-order chi connectivity index (χ1) is 19.7. The van der Waals surface area contributed by atoms with E-state index in [1.807, 2.05) is 19.1 Å². The number of hydrogen-bond donors (Lipinski definition) is 3. The van der Waals surface area contributed by atoms with Crippen molar-refractivity contribution in [3.05, 3.63) is 52.5 Å². The Hall–Kier alpha value is -3.69. The Kier molecular flexibility index (Phi) is 8.85. The molecule has 0 bridgehead atoms. The molecule has 224 valence electrons. The zero-order valence-electron chi connectivity index (χ0n) is 24.3. The molecule has 2 aromatic rings. The Morgan fingerprint density at radius 3 is 2.36 bits per heavy atom. The Morgan fingerprint density at radius 2 is 1.86 bits per heavy atom. The number of nitrogens with zero attached hydrogens (tertiary/aromatic N) is 3. The van der Waals surface area contributed by atoms with E-state index in [1.54, 1.807) is 38.4 Å². The first-order valence-electron chi connectivity index (χ1n) is 13.8. The average Bonchev–Trinajstić information content (AvgIpc) is 3.53. The number of β-amino-alcohol motifs (C(OH)–C–C–N with tert-alkyl or cyclic N) is 1. The average molecular weight is 598 g/mol. The van der Waals surface area contributed by atoms with E-state index >= 15 is 4.39 Å². The van der Waals surface area contributed by atoms with E-state index in [-0.39, 0.29) is 12.2 Å². The normalized spacial score (nSPS) is 22.5. The fourth-order valence-corrected chi connectivity index (χ4v) is 5.95. The number of carbonyl (C=O) groups is 4. The number of rotatable bonds is 9. The predicted molar refractivity (Wildman–Crippen MR) is 155 cm³/mol. The molecular weight excluding hydrogens is 561 g/mol. The zero-order valence-corrected chi connectivity index (χ0v) is 25.1. The molecule has 12 heteroatoms. The summed E-state index contributed by atoms with van der Waals surface area (Å²) in [5.74, 6) is -2.38. The lowest BCUT2D eigenvalue weighted by Crippen LogP contribution is -2.60. The van der Waals surface area contributed by atoms with E-state index in [4.69, 9.17) is 6.57 Å². The monoisotopic (exact) mass is 597 g/mol. The summed E-state index contributed by atoms with van der Waals surface area (Å²) in [6.07, 6.45) is -3.00. The van der Waals surface area contributed by atoms with Crippen molar-refractivity contribution in [2.24, 2.45) is 5.41 Å². The molecule has 1 saturated heterocycles. The van der Waals surface area contributed by atoms with Crippen molar-refractivity contribution >= 4 is 34.8 Å². The van der Waals surface area contributed by atoms with Gasteiger partial charge in [0.2, 0.25) is 11.8 Å². The number of nitrogens with one attached hydrogen (secondary N) is 2. The molecule has 42 heavy (non-hydrogen) atoms. The fraction of sp³-hybridized carbons (Fsp3) is 0.533. The van der Waals surface area contributed by atoms with Crippen molar-refractivity contribution in [2.45, 2.75) is 89.8 Å². The lowest BCUT2D eigenvalue weighted by Gasteiger charge is -2.35. The number of hydrogen-bond acceptors (Lipinski definition) is 7. The lowest BCUT2D eigenvalue weighted by molar-refractivity contribution is -0.145. The van der Waals surface area contributed by atoms with Crippen LogP contribution in [-0.4, -0.2) is 74.9 Å². The van der Waals surface area contributed by atoms with Crippen molar-refractivity contribution in [2.75, 3.05) is 6.54 Å². The number of aryl methyl sites for hydroxylation is 1. The van der Waals surface area contributed by atoms with Gasteiger partial charge in [0.25, 0.3) is 0 Å². The number of aliphatic hydroxyl groups is 1. The Labute approximate surface area is 248 Å². The molecule has 0 spiro atoms. The second-order valence-electron chi connectivity index (χ2n) is 12.2. The number of alkyl halides is 1. The molecule has 5 atom stereocenters. The van der Waals surface area contributed by atoms with Gasteiger partial charge in [-0.3, -0.25) is 24.0 Å². The summed E-state index contributed by atoms with van der Waals surface area (Å²) < 4.78 is 15.4. The number of ketones is 1. The third-order valence-corrected chi connectivity index (χ3v) is 8.80. The number of halogens is 1. The van der Waals surface area contributed by atoms with Crippen LogP contribution < -0.4 is 10.6 Å². The molecule has 10 nitrogen and oxygen atoms in total. The van der Waals surface area contributed by atoms with Gasteiger partial charge in [-0.2, -0.15) is 0 Å².